The van der Waals surface area contributed by atoms with Gasteiger partial charge < -0.3 is 0 Å². The molecule has 1 heterocycles. The molecule has 14 heavy (non-hydrogen) atoms. The third kappa shape index (κ3) is 1.37. The van der Waals surface area contributed by atoms with Crippen LogP contribution in [0.1, 0.15) is 11.1 Å². The normalized spacial score (nSPS) is 10.4. The highest BCUT2D eigenvalue weighted by atomic mass is 16.1. The number of aromatic amines is 1. The molecule has 0 atom stereocenters. The maximum absolute atomic E-state index is 11.4. The summed E-state index contributed by atoms with van der Waals surface area (Å²) in [5.41, 5.74) is 3.12. The monoisotopic (exact) mass is 188 g/mol. The molecule has 0 aliphatic carbocycles. The van der Waals surface area contributed by atoms with Gasteiger partial charge in [-0.3, -0.25) is 9.89 Å². The topological polar surface area (TPSA) is 37.8 Å². The number of aryl methyl sites for hydroxylation is 2. The third-order valence-corrected chi connectivity index (χ3v) is 2.26. The molecule has 0 radical (unpaired) electrons. The van der Waals surface area contributed by atoms with E-state index in [1.165, 1.54) is 6.07 Å². The van der Waals surface area contributed by atoms with Crippen molar-refractivity contribution in [2.45, 2.75) is 13.8 Å². The quantitative estimate of drug-likeness (QED) is 0.727. The van der Waals surface area contributed by atoms with Gasteiger partial charge in [0.2, 0.25) is 0 Å². The van der Waals surface area contributed by atoms with Crippen LogP contribution in [0, 0.1) is 13.8 Å². The second-order valence-electron chi connectivity index (χ2n) is 3.43. The summed E-state index contributed by atoms with van der Waals surface area (Å²) in [6.45, 7) is 4.00. The summed E-state index contributed by atoms with van der Waals surface area (Å²) in [5, 5.41) is 2.89. The Morgan fingerprint density at radius 2 is 2.00 bits per heavy atom. The number of nitrogens with one attached hydrogen (secondary N) is 1. The van der Waals surface area contributed by atoms with Gasteiger partial charge in [-0.2, -0.15) is 0 Å². The molecule has 0 bridgehead atoms. The Morgan fingerprint density at radius 1 is 1.21 bits per heavy atom. The van der Waals surface area contributed by atoms with Crippen LogP contribution in [0.3, 0.4) is 0 Å². The van der Waals surface area contributed by atoms with Crippen LogP contribution >= 0.6 is 0 Å². The highest BCUT2D eigenvalue weighted by Gasteiger charge is 2.03. The Kier molecular flexibility index (Phi) is 2.00. The van der Waals surface area contributed by atoms with Crippen molar-refractivity contribution in [3.8, 4) is 5.69 Å². The van der Waals surface area contributed by atoms with Gasteiger partial charge in [-0.25, -0.2) is 4.68 Å². The summed E-state index contributed by atoms with van der Waals surface area (Å²) in [4.78, 5) is 11.4. The summed E-state index contributed by atoms with van der Waals surface area (Å²) in [5.74, 6) is 0. The Balaban J connectivity index is 2.68. The van der Waals surface area contributed by atoms with Crippen molar-refractivity contribution in [1.82, 2.24) is 9.78 Å². The maximum Gasteiger partial charge on any atom is 0.271 e. The minimum atomic E-state index is -0.0290. The molecule has 3 heteroatoms. The zero-order valence-corrected chi connectivity index (χ0v) is 8.24. The first-order chi connectivity index (χ1) is 6.68. The van der Waals surface area contributed by atoms with Crippen LogP contribution in [0.15, 0.2) is 35.3 Å². The Bertz CT molecular complexity index is 508. The van der Waals surface area contributed by atoms with Gasteiger partial charge >= 0.3 is 0 Å². The number of benzene rings is 1. The second-order valence-corrected chi connectivity index (χ2v) is 3.43. The first kappa shape index (κ1) is 8.81. The number of nitrogens with zero attached hydrogens (tertiary/aromatic N) is 1. The first-order valence-electron chi connectivity index (χ1n) is 4.52. The van der Waals surface area contributed by atoms with E-state index >= 15 is 0 Å². The lowest BCUT2D eigenvalue weighted by molar-refractivity contribution is 0.841. The highest BCUT2D eigenvalue weighted by molar-refractivity contribution is 5.42. The van der Waals surface area contributed by atoms with Gasteiger partial charge in [0.05, 0.1) is 5.69 Å². The molecule has 2 aromatic rings. The smallest absolute Gasteiger partial charge is 0.271 e. The molecule has 0 unspecified atom stereocenters. The van der Waals surface area contributed by atoms with Gasteiger partial charge in [0.25, 0.3) is 5.56 Å². The molecule has 0 spiro atoms. The molecule has 3 nitrogen and oxygen atoms in total. The van der Waals surface area contributed by atoms with E-state index in [-0.39, 0.29) is 5.56 Å². The molecule has 0 aliphatic rings. The molecule has 0 amide bonds. The van der Waals surface area contributed by atoms with Crippen LogP contribution in [-0.4, -0.2) is 9.78 Å². The molecule has 1 N–H and O–H groups in total. The summed E-state index contributed by atoms with van der Waals surface area (Å²) in [7, 11) is 0. The van der Waals surface area contributed by atoms with E-state index in [0.717, 1.165) is 16.8 Å². The number of aromatic nitrogens is 2. The fourth-order valence-electron chi connectivity index (χ4n) is 1.47. The molecule has 0 saturated heterocycles. The standard InChI is InChI=1S/C11H12N2O/c1-8-3-4-9(2)10(7-8)13-11(14)5-6-12-13/h3-7,12H,1-2H3. The van der Waals surface area contributed by atoms with Gasteiger partial charge in [-0.05, 0) is 31.0 Å². The predicted octanol–water partition coefficient (Wildman–Crippen LogP) is 1.78. The number of rotatable bonds is 1. The molecule has 2 rings (SSSR count). The van der Waals surface area contributed by atoms with Crippen molar-refractivity contribution in [2.75, 3.05) is 0 Å². The number of hydrogen-bond donors (Lipinski definition) is 1. The molecule has 1 aromatic carbocycles. The lowest BCUT2D eigenvalue weighted by Crippen LogP contribution is -2.14. The van der Waals surface area contributed by atoms with Gasteiger partial charge in [0, 0.05) is 12.3 Å². The van der Waals surface area contributed by atoms with Crippen molar-refractivity contribution in [3.63, 3.8) is 0 Å². The lowest BCUT2D eigenvalue weighted by atomic mass is 10.1. The van der Waals surface area contributed by atoms with E-state index in [1.807, 2.05) is 32.0 Å². The molecule has 1 aromatic heterocycles. The molecular formula is C11H12N2O. The van der Waals surface area contributed by atoms with Crippen LogP contribution in [-0.2, 0) is 0 Å². The van der Waals surface area contributed by atoms with Crippen molar-refractivity contribution in [3.05, 3.63) is 51.9 Å². The average molecular weight is 188 g/mol. The summed E-state index contributed by atoms with van der Waals surface area (Å²) < 4.78 is 1.54. The van der Waals surface area contributed by atoms with Crippen molar-refractivity contribution in [1.29, 1.82) is 0 Å². The second kappa shape index (κ2) is 3.18. The zero-order valence-electron chi connectivity index (χ0n) is 8.24. The molecular weight excluding hydrogens is 176 g/mol. The van der Waals surface area contributed by atoms with Crippen LogP contribution in [0.4, 0.5) is 0 Å². The molecule has 0 saturated carbocycles. The molecule has 0 aliphatic heterocycles. The van der Waals surface area contributed by atoms with Gasteiger partial charge in [-0.15, -0.1) is 0 Å². The SMILES string of the molecule is Cc1ccc(C)c(-n2[nH]ccc2=O)c1. The van der Waals surface area contributed by atoms with E-state index in [9.17, 15) is 4.79 Å². The Hall–Kier alpha value is -1.77. The summed E-state index contributed by atoms with van der Waals surface area (Å²) in [6, 6.07) is 7.56. The average Bonchev–Trinajstić information content (AvgIpc) is 2.56. The molecule has 0 fully saturated rings. The van der Waals surface area contributed by atoms with Crippen molar-refractivity contribution >= 4 is 0 Å². The maximum atomic E-state index is 11.4. The zero-order chi connectivity index (χ0) is 10.1. The fraction of sp³-hybridized carbons (Fsp3) is 0.182. The Morgan fingerprint density at radius 3 is 2.64 bits per heavy atom. The minimum absolute atomic E-state index is 0.0290. The first-order valence-corrected chi connectivity index (χ1v) is 4.52. The fourth-order valence-corrected chi connectivity index (χ4v) is 1.47. The van der Waals surface area contributed by atoms with Crippen LogP contribution in [0.5, 0.6) is 0 Å². The van der Waals surface area contributed by atoms with E-state index in [1.54, 1.807) is 10.9 Å². The van der Waals surface area contributed by atoms with Gasteiger partial charge in [0.1, 0.15) is 0 Å². The van der Waals surface area contributed by atoms with Gasteiger partial charge in [-0.1, -0.05) is 12.1 Å². The minimum Gasteiger partial charge on any atom is -0.298 e. The third-order valence-electron chi connectivity index (χ3n) is 2.26. The van der Waals surface area contributed by atoms with Crippen molar-refractivity contribution < 1.29 is 0 Å². The lowest BCUT2D eigenvalue weighted by Gasteiger charge is -2.06. The molecule has 72 valence electrons. The summed E-state index contributed by atoms with van der Waals surface area (Å²) >= 11 is 0. The van der Waals surface area contributed by atoms with E-state index < -0.39 is 0 Å². The Labute approximate surface area is 82.0 Å². The largest absolute Gasteiger partial charge is 0.298 e. The summed E-state index contributed by atoms with van der Waals surface area (Å²) in [6.07, 6.45) is 1.64. The van der Waals surface area contributed by atoms with Crippen LogP contribution in [0.2, 0.25) is 0 Å². The predicted molar refractivity (Wildman–Crippen MR) is 55.9 cm³/mol. The number of H-pyrrole nitrogens is 1. The highest BCUT2D eigenvalue weighted by Crippen LogP contribution is 2.12. The van der Waals surface area contributed by atoms with E-state index in [0.29, 0.717) is 0 Å². The number of hydrogen-bond acceptors (Lipinski definition) is 1. The van der Waals surface area contributed by atoms with Crippen LogP contribution < -0.4 is 5.56 Å². The van der Waals surface area contributed by atoms with Crippen molar-refractivity contribution in [2.24, 2.45) is 0 Å². The van der Waals surface area contributed by atoms with Crippen LogP contribution in [0.25, 0.3) is 5.69 Å². The van der Waals surface area contributed by atoms with E-state index in [2.05, 4.69) is 5.10 Å². The van der Waals surface area contributed by atoms with Gasteiger partial charge in [0.15, 0.2) is 0 Å². The van der Waals surface area contributed by atoms with E-state index in [4.69, 9.17) is 0 Å².